The van der Waals surface area contributed by atoms with Crippen LogP contribution in [0.15, 0.2) is 0 Å². The van der Waals surface area contributed by atoms with E-state index < -0.39 is 0 Å². The quantitative estimate of drug-likeness (QED) is 0.794. The maximum absolute atomic E-state index is 12.3. The SMILES string of the molecule is CNC(=O)C1CCCN(C(=O)CC2CSCCN2)C1.Cl. The van der Waals surface area contributed by atoms with Crippen molar-refractivity contribution in [2.24, 2.45) is 5.92 Å². The third-order valence-corrected chi connectivity index (χ3v) is 4.94. The Morgan fingerprint density at radius 1 is 1.45 bits per heavy atom. The average molecular weight is 322 g/mol. The Kier molecular flexibility index (Phi) is 7.69. The van der Waals surface area contributed by atoms with Gasteiger partial charge in [0, 0.05) is 50.7 Å². The fraction of sp³-hybridized carbons (Fsp3) is 0.846. The number of thioether (sulfide) groups is 1. The summed E-state index contributed by atoms with van der Waals surface area (Å²) in [4.78, 5) is 25.8. The molecule has 2 aliphatic rings. The van der Waals surface area contributed by atoms with Crippen molar-refractivity contribution in [1.29, 1.82) is 0 Å². The van der Waals surface area contributed by atoms with E-state index in [1.807, 2.05) is 16.7 Å². The van der Waals surface area contributed by atoms with Gasteiger partial charge in [0.1, 0.15) is 0 Å². The molecule has 0 aromatic carbocycles. The standard InChI is InChI=1S/C13H23N3O2S.ClH/c1-14-13(18)10-3-2-5-16(8-10)12(17)7-11-9-19-6-4-15-11;/h10-11,15H,2-9H2,1H3,(H,14,18);1H. The molecule has 2 atom stereocenters. The molecule has 116 valence electrons. The van der Waals surface area contributed by atoms with Gasteiger partial charge < -0.3 is 15.5 Å². The second-order valence-electron chi connectivity index (χ2n) is 5.22. The van der Waals surface area contributed by atoms with E-state index >= 15 is 0 Å². The monoisotopic (exact) mass is 321 g/mol. The molecule has 2 N–H and O–H groups in total. The first-order valence-electron chi connectivity index (χ1n) is 7.01. The van der Waals surface area contributed by atoms with Gasteiger partial charge in [0.25, 0.3) is 0 Å². The summed E-state index contributed by atoms with van der Waals surface area (Å²) in [5.41, 5.74) is 0. The Morgan fingerprint density at radius 2 is 2.25 bits per heavy atom. The van der Waals surface area contributed by atoms with E-state index in [-0.39, 0.29) is 30.1 Å². The number of carbonyl (C=O) groups excluding carboxylic acids is 2. The fourth-order valence-corrected chi connectivity index (χ4v) is 3.66. The summed E-state index contributed by atoms with van der Waals surface area (Å²) in [5, 5.41) is 6.07. The van der Waals surface area contributed by atoms with E-state index in [9.17, 15) is 9.59 Å². The zero-order chi connectivity index (χ0) is 13.7. The number of nitrogens with one attached hydrogen (secondary N) is 2. The van der Waals surface area contributed by atoms with Crippen molar-refractivity contribution in [3.63, 3.8) is 0 Å². The highest BCUT2D eigenvalue weighted by molar-refractivity contribution is 7.99. The maximum atomic E-state index is 12.3. The first-order valence-corrected chi connectivity index (χ1v) is 8.16. The molecule has 2 unspecified atom stereocenters. The van der Waals surface area contributed by atoms with Crippen molar-refractivity contribution in [1.82, 2.24) is 15.5 Å². The van der Waals surface area contributed by atoms with E-state index in [0.29, 0.717) is 19.0 Å². The van der Waals surface area contributed by atoms with E-state index in [2.05, 4.69) is 10.6 Å². The number of likely N-dealkylation sites (tertiary alicyclic amines) is 1. The molecule has 20 heavy (non-hydrogen) atoms. The molecule has 0 bridgehead atoms. The molecule has 0 aliphatic carbocycles. The summed E-state index contributed by atoms with van der Waals surface area (Å²) in [6, 6.07) is 0.298. The first-order chi connectivity index (χ1) is 9.20. The summed E-state index contributed by atoms with van der Waals surface area (Å²) < 4.78 is 0. The maximum Gasteiger partial charge on any atom is 0.224 e. The molecule has 0 spiro atoms. The Labute approximate surface area is 131 Å². The molecule has 0 aromatic rings. The number of halogens is 1. The third-order valence-electron chi connectivity index (χ3n) is 3.81. The zero-order valence-corrected chi connectivity index (χ0v) is 13.5. The van der Waals surface area contributed by atoms with Crippen LogP contribution < -0.4 is 10.6 Å². The molecule has 2 fully saturated rings. The lowest BCUT2D eigenvalue weighted by Crippen LogP contribution is -2.47. The normalized spacial score (nSPS) is 26.6. The minimum Gasteiger partial charge on any atom is -0.359 e. The highest BCUT2D eigenvalue weighted by Crippen LogP contribution is 2.19. The third kappa shape index (κ3) is 4.82. The molecule has 0 radical (unpaired) electrons. The first kappa shape index (κ1) is 17.6. The topological polar surface area (TPSA) is 61.4 Å². The predicted octanol–water partition coefficient (Wildman–Crippen LogP) is 0.488. The van der Waals surface area contributed by atoms with Gasteiger partial charge in [-0.25, -0.2) is 0 Å². The number of piperidine rings is 1. The van der Waals surface area contributed by atoms with Crippen LogP contribution in [-0.2, 0) is 9.59 Å². The number of carbonyl (C=O) groups is 2. The van der Waals surface area contributed by atoms with Crippen LogP contribution >= 0.6 is 24.2 Å². The van der Waals surface area contributed by atoms with Gasteiger partial charge in [0.05, 0.1) is 5.92 Å². The summed E-state index contributed by atoms with van der Waals surface area (Å²) in [6.07, 6.45) is 2.38. The number of nitrogens with zero attached hydrogens (tertiary/aromatic N) is 1. The fourth-order valence-electron chi connectivity index (χ4n) is 2.71. The van der Waals surface area contributed by atoms with E-state index in [1.165, 1.54) is 0 Å². The van der Waals surface area contributed by atoms with Crippen LogP contribution in [0.2, 0.25) is 0 Å². The van der Waals surface area contributed by atoms with Crippen molar-refractivity contribution in [2.75, 3.05) is 38.2 Å². The lowest BCUT2D eigenvalue weighted by molar-refractivity contribution is -0.135. The van der Waals surface area contributed by atoms with Crippen LogP contribution in [0.25, 0.3) is 0 Å². The second-order valence-corrected chi connectivity index (χ2v) is 6.37. The molecule has 2 heterocycles. The molecule has 0 aromatic heterocycles. The number of hydrogen-bond acceptors (Lipinski definition) is 4. The minimum absolute atomic E-state index is 0. The molecule has 2 rings (SSSR count). The lowest BCUT2D eigenvalue weighted by atomic mass is 9.96. The van der Waals surface area contributed by atoms with E-state index in [1.54, 1.807) is 7.05 Å². The minimum atomic E-state index is -0.0311. The van der Waals surface area contributed by atoms with Crippen molar-refractivity contribution in [2.45, 2.75) is 25.3 Å². The van der Waals surface area contributed by atoms with Crippen molar-refractivity contribution < 1.29 is 9.59 Å². The molecule has 2 aliphatic heterocycles. The van der Waals surface area contributed by atoms with Crippen LogP contribution in [0.5, 0.6) is 0 Å². The van der Waals surface area contributed by atoms with Gasteiger partial charge in [-0.2, -0.15) is 11.8 Å². The largest absolute Gasteiger partial charge is 0.359 e. The van der Waals surface area contributed by atoms with Crippen molar-refractivity contribution >= 4 is 36.0 Å². The zero-order valence-electron chi connectivity index (χ0n) is 11.9. The Hall–Kier alpha value is -0.460. The lowest BCUT2D eigenvalue weighted by Gasteiger charge is -2.33. The van der Waals surface area contributed by atoms with Crippen LogP contribution in [0.3, 0.4) is 0 Å². The van der Waals surface area contributed by atoms with Crippen molar-refractivity contribution in [3.8, 4) is 0 Å². The van der Waals surface area contributed by atoms with Crippen LogP contribution in [0.1, 0.15) is 19.3 Å². The molecule has 2 amide bonds. The summed E-state index contributed by atoms with van der Waals surface area (Å²) in [6.45, 7) is 2.37. The number of rotatable bonds is 3. The molecule has 7 heteroatoms. The van der Waals surface area contributed by atoms with Crippen LogP contribution in [0.4, 0.5) is 0 Å². The molecular formula is C13H24ClN3O2S. The smallest absolute Gasteiger partial charge is 0.224 e. The highest BCUT2D eigenvalue weighted by Gasteiger charge is 2.29. The molecule has 2 saturated heterocycles. The van der Waals surface area contributed by atoms with E-state index in [0.717, 1.165) is 37.4 Å². The Morgan fingerprint density at radius 3 is 2.90 bits per heavy atom. The Bertz CT molecular complexity index is 338. The summed E-state index contributed by atoms with van der Waals surface area (Å²) in [7, 11) is 1.66. The van der Waals surface area contributed by atoms with Crippen molar-refractivity contribution in [3.05, 3.63) is 0 Å². The van der Waals surface area contributed by atoms with Gasteiger partial charge in [-0.3, -0.25) is 9.59 Å². The number of amides is 2. The highest BCUT2D eigenvalue weighted by atomic mass is 35.5. The number of hydrogen-bond donors (Lipinski definition) is 2. The molecule has 0 saturated carbocycles. The van der Waals surface area contributed by atoms with Crippen LogP contribution in [-0.4, -0.2) is 60.9 Å². The second kappa shape index (κ2) is 8.74. The van der Waals surface area contributed by atoms with Crippen LogP contribution in [0, 0.1) is 5.92 Å². The van der Waals surface area contributed by atoms with Gasteiger partial charge in [0.2, 0.25) is 11.8 Å². The van der Waals surface area contributed by atoms with Gasteiger partial charge in [-0.15, -0.1) is 12.4 Å². The summed E-state index contributed by atoms with van der Waals surface area (Å²) in [5.74, 6) is 2.36. The van der Waals surface area contributed by atoms with Gasteiger partial charge in [0.15, 0.2) is 0 Å². The average Bonchev–Trinajstić information content (AvgIpc) is 2.47. The summed E-state index contributed by atoms with van der Waals surface area (Å²) >= 11 is 1.90. The van der Waals surface area contributed by atoms with Gasteiger partial charge >= 0.3 is 0 Å². The Balaban J connectivity index is 0.00000200. The molecular weight excluding hydrogens is 298 g/mol. The van der Waals surface area contributed by atoms with Gasteiger partial charge in [-0.05, 0) is 12.8 Å². The molecule has 5 nitrogen and oxygen atoms in total. The van der Waals surface area contributed by atoms with E-state index in [4.69, 9.17) is 0 Å². The predicted molar refractivity (Wildman–Crippen MR) is 84.4 cm³/mol. The van der Waals surface area contributed by atoms with Gasteiger partial charge in [-0.1, -0.05) is 0 Å².